The Morgan fingerprint density at radius 2 is 1.91 bits per heavy atom. The number of urea groups is 1. The topological polar surface area (TPSA) is 106 Å². The second-order valence-corrected chi connectivity index (χ2v) is 10.9. The highest BCUT2D eigenvalue weighted by Gasteiger charge is 2.49. The molecule has 1 saturated carbocycles. The Bertz CT molecular complexity index is 1470. The number of fused-ring (bicyclic) bond motifs is 1. The third kappa shape index (κ3) is 7.03. The molecule has 3 atom stereocenters. The summed E-state index contributed by atoms with van der Waals surface area (Å²) < 4.78 is 99.4. The molecule has 2 aromatic carbocycles. The molecule has 44 heavy (non-hydrogen) atoms. The fourth-order valence-corrected chi connectivity index (χ4v) is 5.56. The third-order valence-electron chi connectivity index (χ3n) is 7.89. The second-order valence-electron chi connectivity index (χ2n) is 10.9. The Kier molecular flexibility index (Phi) is 8.95. The van der Waals surface area contributed by atoms with Gasteiger partial charge in [-0.15, -0.1) is 0 Å². The van der Waals surface area contributed by atoms with E-state index in [1.54, 1.807) is 30.3 Å². The fourth-order valence-electron chi connectivity index (χ4n) is 5.56. The normalized spacial score (nSPS) is 20.4. The summed E-state index contributed by atoms with van der Waals surface area (Å²) >= 11 is 0. The zero-order valence-corrected chi connectivity index (χ0v) is 23.5. The smallest absolute Gasteiger partial charge is 0.410 e. The number of hydrogen-bond acceptors (Lipinski definition) is 6. The van der Waals surface area contributed by atoms with Crippen molar-refractivity contribution < 1.29 is 49.8 Å². The number of aromatic nitrogens is 1. The van der Waals surface area contributed by atoms with Gasteiger partial charge in [0.1, 0.15) is 24.2 Å². The lowest BCUT2D eigenvalue weighted by Crippen LogP contribution is -2.40. The predicted molar refractivity (Wildman–Crippen MR) is 143 cm³/mol. The van der Waals surface area contributed by atoms with Crippen LogP contribution in [0.2, 0.25) is 0 Å². The fraction of sp³-hybridized carbons (Fsp3) is 0.483. The van der Waals surface area contributed by atoms with Crippen molar-refractivity contribution in [3.05, 3.63) is 65.3 Å². The van der Waals surface area contributed by atoms with Gasteiger partial charge in [0.15, 0.2) is 11.4 Å². The molecule has 1 unspecified atom stereocenters. The van der Waals surface area contributed by atoms with Crippen LogP contribution in [0.5, 0.6) is 0 Å². The molecule has 1 aliphatic heterocycles. The van der Waals surface area contributed by atoms with Gasteiger partial charge < -0.3 is 29.4 Å². The number of rotatable bonds is 9. The average Bonchev–Trinajstić information content (AvgIpc) is 3.58. The maximum Gasteiger partial charge on any atom is 0.410 e. The number of amides is 3. The predicted octanol–water partition coefficient (Wildman–Crippen LogP) is 6.40. The monoisotopic (exact) mass is 628 g/mol. The Morgan fingerprint density at radius 3 is 2.55 bits per heavy atom. The highest BCUT2D eigenvalue weighted by Crippen LogP contribution is 2.42. The quantitative estimate of drug-likeness (QED) is 0.266. The van der Waals surface area contributed by atoms with Crippen LogP contribution in [0.15, 0.2) is 46.9 Å². The first kappa shape index (κ1) is 31.4. The summed E-state index contributed by atoms with van der Waals surface area (Å²) in [6, 6.07) is 5.94. The van der Waals surface area contributed by atoms with Gasteiger partial charge in [0.2, 0.25) is 11.8 Å². The number of halogens is 6. The Morgan fingerprint density at radius 1 is 1.20 bits per heavy atom. The van der Waals surface area contributed by atoms with E-state index in [1.807, 2.05) is 5.32 Å². The van der Waals surface area contributed by atoms with Crippen LogP contribution < -0.4 is 10.6 Å². The lowest BCUT2D eigenvalue weighted by Gasteiger charge is -2.32. The molecule has 15 heteroatoms. The van der Waals surface area contributed by atoms with Crippen LogP contribution in [0.3, 0.4) is 0 Å². The maximum atomic E-state index is 15.4. The summed E-state index contributed by atoms with van der Waals surface area (Å²) in [7, 11) is 1.28. The lowest BCUT2D eigenvalue weighted by molar-refractivity contribution is -0.150. The van der Waals surface area contributed by atoms with E-state index >= 15 is 4.39 Å². The van der Waals surface area contributed by atoms with Crippen LogP contribution in [0.1, 0.15) is 54.8 Å². The van der Waals surface area contributed by atoms with E-state index in [2.05, 4.69) is 10.3 Å². The Hall–Kier alpha value is -4.01. The van der Waals surface area contributed by atoms with Crippen molar-refractivity contribution in [2.45, 2.75) is 62.5 Å². The van der Waals surface area contributed by atoms with Crippen LogP contribution in [0.25, 0.3) is 11.1 Å². The average molecular weight is 629 g/mol. The molecule has 2 heterocycles. The van der Waals surface area contributed by atoms with Crippen molar-refractivity contribution in [1.29, 1.82) is 0 Å². The molecule has 238 valence electrons. The van der Waals surface area contributed by atoms with Crippen LogP contribution in [-0.2, 0) is 16.1 Å². The van der Waals surface area contributed by atoms with Crippen LogP contribution in [0, 0.1) is 11.7 Å². The molecule has 3 amide bonds. The molecule has 1 aliphatic carbocycles. The number of benzene rings is 2. The van der Waals surface area contributed by atoms with E-state index < -0.39 is 73.5 Å². The van der Waals surface area contributed by atoms with E-state index in [1.165, 1.54) is 13.2 Å². The van der Waals surface area contributed by atoms with Crippen molar-refractivity contribution >= 4 is 23.2 Å². The molecule has 0 bridgehead atoms. The number of carbonyl (C=O) groups is 2. The number of nitrogens with zero attached hydrogens (tertiary/aromatic N) is 2. The third-order valence-corrected chi connectivity index (χ3v) is 7.89. The van der Waals surface area contributed by atoms with Crippen molar-refractivity contribution in [2.75, 3.05) is 20.3 Å². The largest absolute Gasteiger partial charge is 0.445 e. The van der Waals surface area contributed by atoms with E-state index in [4.69, 9.17) is 13.9 Å². The van der Waals surface area contributed by atoms with Gasteiger partial charge >= 0.3 is 18.3 Å². The lowest BCUT2D eigenvalue weighted by atomic mass is 9.82. The van der Waals surface area contributed by atoms with Crippen LogP contribution >= 0.6 is 0 Å². The van der Waals surface area contributed by atoms with E-state index in [9.17, 15) is 31.5 Å². The number of methoxy groups -OCH3 is 1. The number of oxazole rings is 1. The molecule has 0 radical (unpaired) electrons. The first-order valence-electron chi connectivity index (χ1n) is 13.9. The molecular formula is C29H30F6N4O5. The highest BCUT2D eigenvalue weighted by molar-refractivity contribution is 5.79. The van der Waals surface area contributed by atoms with Crippen molar-refractivity contribution in [3.63, 3.8) is 0 Å². The van der Waals surface area contributed by atoms with Crippen LogP contribution in [-0.4, -0.2) is 60.4 Å². The van der Waals surface area contributed by atoms with Gasteiger partial charge in [-0.25, -0.2) is 27.7 Å². The van der Waals surface area contributed by atoms with Gasteiger partial charge in [-0.05, 0) is 42.0 Å². The summed E-state index contributed by atoms with van der Waals surface area (Å²) in [5.41, 5.74) is 0.448. The molecule has 2 N–H and O–H groups in total. The summed E-state index contributed by atoms with van der Waals surface area (Å²) in [5.74, 6) is -4.48. The second kappa shape index (κ2) is 12.5. The maximum absolute atomic E-state index is 15.4. The zero-order valence-electron chi connectivity index (χ0n) is 23.5. The Labute approximate surface area is 247 Å². The standard InChI is InChI=1S/C29H30F6N4O5/c1-42-15-21(39-13-22(29(33,34)35)37-26(39)40)18-11-19(30)24-20(12-18)36-25(44-24)23(17-7-9-28(31,32)10-8-17)38-27(41)43-14-16-5-3-2-4-6-16/h2-6,11-12,17,21-23H,7-10,13-15H2,1H3,(H,37,40)(H,38,41)/t21-,22-,23?/m0/s1. The van der Waals surface area contributed by atoms with Crippen LogP contribution in [0.4, 0.5) is 35.9 Å². The van der Waals surface area contributed by atoms with Crippen molar-refractivity contribution in [1.82, 2.24) is 20.5 Å². The molecule has 3 aromatic rings. The number of alkyl halides is 5. The molecule has 1 saturated heterocycles. The number of hydrogen-bond donors (Lipinski definition) is 2. The van der Waals surface area contributed by atoms with Gasteiger partial charge in [0, 0.05) is 20.0 Å². The van der Waals surface area contributed by atoms with Gasteiger partial charge in [-0.1, -0.05) is 30.3 Å². The molecule has 1 aromatic heterocycles. The molecule has 9 nitrogen and oxygen atoms in total. The molecule has 2 fully saturated rings. The molecule has 5 rings (SSSR count). The minimum atomic E-state index is -4.69. The van der Waals surface area contributed by atoms with Gasteiger partial charge in [-0.2, -0.15) is 13.2 Å². The minimum Gasteiger partial charge on any atom is -0.445 e. The number of alkyl carbamates (subject to hydrolysis) is 1. The molecule has 2 aliphatic rings. The summed E-state index contributed by atoms with van der Waals surface area (Å²) in [5, 5.41) is 4.51. The summed E-state index contributed by atoms with van der Waals surface area (Å²) in [4.78, 5) is 30.5. The van der Waals surface area contributed by atoms with Gasteiger partial charge in [-0.3, -0.25) is 0 Å². The van der Waals surface area contributed by atoms with Gasteiger partial charge in [0.25, 0.3) is 0 Å². The zero-order chi connectivity index (χ0) is 31.6. The number of carbonyl (C=O) groups excluding carboxylic acids is 2. The van der Waals surface area contributed by atoms with E-state index in [0.29, 0.717) is 5.56 Å². The van der Waals surface area contributed by atoms with E-state index in [0.717, 1.165) is 11.0 Å². The molecule has 0 spiro atoms. The summed E-state index contributed by atoms with van der Waals surface area (Å²) in [6.45, 7) is -1.03. The first-order valence-corrected chi connectivity index (χ1v) is 13.9. The number of nitrogens with one attached hydrogen (secondary N) is 2. The minimum absolute atomic E-state index is 0.0173. The first-order chi connectivity index (χ1) is 20.8. The van der Waals surface area contributed by atoms with Crippen molar-refractivity contribution in [2.24, 2.45) is 5.92 Å². The summed E-state index contributed by atoms with van der Waals surface area (Å²) in [6.07, 6.45) is -6.37. The number of ether oxygens (including phenoxy) is 2. The van der Waals surface area contributed by atoms with Gasteiger partial charge in [0.05, 0.1) is 19.2 Å². The highest BCUT2D eigenvalue weighted by atomic mass is 19.4. The Balaban J connectivity index is 1.43. The van der Waals surface area contributed by atoms with Crippen molar-refractivity contribution in [3.8, 4) is 0 Å². The van der Waals surface area contributed by atoms with E-state index in [-0.39, 0.29) is 48.6 Å². The molecular weight excluding hydrogens is 598 g/mol. The SMILES string of the molecule is COC[C@@H](c1cc(F)c2oc(C(NC(=O)OCc3ccccc3)C3CCC(F)(F)CC3)nc2c1)N1C[C@@H](C(F)(F)F)NC1=O.